The Hall–Kier alpha value is -0.765. The summed E-state index contributed by atoms with van der Waals surface area (Å²) in [6.45, 7) is 6.89. The van der Waals surface area contributed by atoms with Crippen molar-refractivity contribution in [2.24, 2.45) is 0 Å². The third-order valence-corrected chi connectivity index (χ3v) is 2.11. The number of amides is 1. The monoisotopic (exact) mass is 166 g/mol. The predicted octanol–water partition coefficient (Wildman–Crippen LogP) is -0.745. The number of piperazine rings is 1. The molecule has 0 aliphatic carbocycles. The molecule has 0 aromatic rings. The molecule has 0 bridgehead atoms. The van der Waals surface area contributed by atoms with Crippen LogP contribution in [0.2, 0.25) is 0 Å². The molecule has 1 heterocycles. The zero-order chi connectivity index (χ0) is 8.97. The largest absolute Gasteiger partial charge is 0.340 e. The quantitative estimate of drug-likeness (QED) is 0.407. The number of hydrogen-bond donors (Lipinski definition) is 0. The first-order chi connectivity index (χ1) is 5.74. The first-order valence-corrected chi connectivity index (χ1v) is 4.31. The Morgan fingerprint density at radius 1 is 1.58 bits per heavy atom. The van der Waals surface area contributed by atoms with Crippen molar-refractivity contribution in [1.29, 1.82) is 0 Å². The topological polar surface area (TPSA) is 23.6 Å². The van der Waals surface area contributed by atoms with Gasteiger partial charge >= 0.3 is 0 Å². The van der Waals surface area contributed by atoms with Crippen molar-refractivity contribution in [3.05, 3.63) is 12.7 Å². The second kappa shape index (κ2) is 4.31. The normalized spacial score (nSPS) is 19.7. The van der Waals surface area contributed by atoms with Gasteiger partial charge in [0.2, 0.25) is 5.91 Å². The average molecular weight is 166 g/mol. The standard InChI is InChI=1S/C8H15BN2O/c1-2-3-4-10-5-6-11(9)7-8(10)12/h2H,1,3-7,9H2. The van der Waals surface area contributed by atoms with Crippen molar-refractivity contribution < 1.29 is 4.79 Å². The molecule has 1 aliphatic heterocycles. The lowest BCUT2D eigenvalue weighted by Crippen LogP contribution is -2.49. The summed E-state index contributed by atoms with van der Waals surface area (Å²) < 4.78 is 0. The fraction of sp³-hybridized carbons (Fsp3) is 0.625. The summed E-state index contributed by atoms with van der Waals surface area (Å²) >= 11 is 0. The number of carbonyl (C=O) groups is 1. The number of nitrogens with zero attached hydrogens (tertiary/aromatic N) is 2. The first-order valence-electron chi connectivity index (χ1n) is 4.31. The van der Waals surface area contributed by atoms with Crippen LogP contribution in [0.4, 0.5) is 0 Å². The van der Waals surface area contributed by atoms with Gasteiger partial charge in [0.1, 0.15) is 0 Å². The molecule has 1 saturated heterocycles. The molecule has 0 saturated carbocycles. The van der Waals surface area contributed by atoms with E-state index in [2.05, 4.69) is 6.58 Å². The van der Waals surface area contributed by atoms with Gasteiger partial charge in [-0.15, -0.1) is 6.58 Å². The van der Waals surface area contributed by atoms with Crippen LogP contribution in [-0.2, 0) is 4.79 Å². The molecule has 1 aliphatic rings. The second-order valence-electron chi connectivity index (χ2n) is 3.20. The van der Waals surface area contributed by atoms with Crippen molar-refractivity contribution in [3.63, 3.8) is 0 Å². The van der Waals surface area contributed by atoms with E-state index in [1.54, 1.807) is 0 Å². The molecule has 0 aromatic heterocycles. The van der Waals surface area contributed by atoms with Crippen LogP contribution in [0, 0.1) is 0 Å². The summed E-state index contributed by atoms with van der Waals surface area (Å²) in [6.07, 6.45) is 2.75. The minimum absolute atomic E-state index is 0.241. The third-order valence-electron chi connectivity index (χ3n) is 2.11. The van der Waals surface area contributed by atoms with Gasteiger partial charge in [-0.2, -0.15) is 0 Å². The van der Waals surface area contributed by atoms with Crippen molar-refractivity contribution in [1.82, 2.24) is 9.71 Å². The molecule has 1 rings (SSSR count). The summed E-state index contributed by atoms with van der Waals surface area (Å²) in [5.74, 6) is 0.241. The molecule has 0 aromatic carbocycles. The fourth-order valence-corrected chi connectivity index (χ4v) is 1.31. The van der Waals surface area contributed by atoms with E-state index in [1.165, 1.54) is 0 Å². The van der Waals surface area contributed by atoms with Gasteiger partial charge in [0.05, 0.1) is 6.54 Å². The van der Waals surface area contributed by atoms with E-state index in [-0.39, 0.29) is 5.91 Å². The Labute approximate surface area is 74.5 Å². The second-order valence-corrected chi connectivity index (χ2v) is 3.20. The average Bonchev–Trinajstić information content (AvgIpc) is 2.03. The summed E-state index contributed by atoms with van der Waals surface area (Å²) in [5.41, 5.74) is 0. The van der Waals surface area contributed by atoms with Crippen molar-refractivity contribution in [3.8, 4) is 0 Å². The molecule has 0 unspecified atom stereocenters. The minimum atomic E-state index is 0.241. The van der Waals surface area contributed by atoms with Crippen LogP contribution in [0.1, 0.15) is 6.42 Å². The van der Waals surface area contributed by atoms with Crippen LogP contribution in [-0.4, -0.2) is 49.8 Å². The Kier molecular flexibility index (Phi) is 3.35. The Balaban J connectivity index is 2.34. The van der Waals surface area contributed by atoms with Gasteiger partial charge in [-0.1, -0.05) is 6.08 Å². The van der Waals surface area contributed by atoms with Gasteiger partial charge < -0.3 is 9.71 Å². The van der Waals surface area contributed by atoms with Crippen LogP contribution in [0.25, 0.3) is 0 Å². The molecular weight excluding hydrogens is 151 g/mol. The zero-order valence-electron chi connectivity index (χ0n) is 7.62. The van der Waals surface area contributed by atoms with Gasteiger partial charge in [-0.25, -0.2) is 0 Å². The van der Waals surface area contributed by atoms with Gasteiger partial charge in [0, 0.05) is 19.6 Å². The Morgan fingerprint density at radius 3 is 2.92 bits per heavy atom. The highest BCUT2D eigenvalue weighted by atomic mass is 16.2. The molecule has 66 valence electrons. The van der Waals surface area contributed by atoms with Gasteiger partial charge in [0.15, 0.2) is 7.98 Å². The van der Waals surface area contributed by atoms with Crippen LogP contribution in [0.5, 0.6) is 0 Å². The van der Waals surface area contributed by atoms with E-state index in [4.69, 9.17) is 0 Å². The molecule has 1 amide bonds. The van der Waals surface area contributed by atoms with E-state index in [1.807, 2.05) is 23.8 Å². The molecule has 0 radical (unpaired) electrons. The van der Waals surface area contributed by atoms with Crippen LogP contribution < -0.4 is 0 Å². The molecule has 1 fully saturated rings. The van der Waals surface area contributed by atoms with Gasteiger partial charge in [-0.3, -0.25) is 4.79 Å². The zero-order valence-corrected chi connectivity index (χ0v) is 7.62. The van der Waals surface area contributed by atoms with Crippen LogP contribution in [0.15, 0.2) is 12.7 Å². The molecular formula is C8H15BN2O. The van der Waals surface area contributed by atoms with Crippen LogP contribution >= 0.6 is 0 Å². The van der Waals surface area contributed by atoms with E-state index in [0.29, 0.717) is 6.54 Å². The SMILES string of the molecule is BN1CCN(CCC=C)C(=O)C1. The molecule has 3 nitrogen and oxygen atoms in total. The maximum absolute atomic E-state index is 11.4. The van der Waals surface area contributed by atoms with Gasteiger partial charge in [0.25, 0.3) is 0 Å². The molecule has 12 heavy (non-hydrogen) atoms. The van der Waals surface area contributed by atoms with Crippen molar-refractivity contribution in [2.75, 3.05) is 26.2 Å². The molecule has 0 atom stereocenters. The summed E-state index contributed by atoms with van der Waals surface area (Å²) in [7, 11) is 1.97. The fourth-order valence-electron chi connectivity index (χ4n) is 1.31. The highest BCUT2D eigenvalue weighted by Gasteiger charge is 2.19. The maximum Gasteiger partial charge on any atom is 0.235 e. The molecule has 0 N–H and O–H groups in total. The highest BCUT2D eigenvalue weighted by molar-refractivity contribution is 6.06. The number of carbonyl (C=O) groups excluding carboxylic acids is 1. The number of hydrogen-bond acceptors (Lipinski definition) is 2. The lowest BCUT2D eigenvalue weighted by molar-refractivity contribution is -0.133. The lowest BCUT2D eigenvalue weighted by Gasteiger charge is -2.32. The summed E-state index contributed by atoms with van der Waals surface area (Å²) in [4.78, 5) is 15.3. The number of rotatable bonds is 3. The lowest BCUT2D eigenvalue weighted by atomic mass is 10.2. The maximum atomic E-state index is 11.4. The van der Waals surface area contributed by atoms with Crippen molar-refractivity contribution >= 4 is 13.9 Å². The third kappa shape index (κ3) is 2.38. The first kappa shape index (κ1) is 9.32. The molecule has 4 heteroatoms. The Morgan fingerprint density at radius 2 is 2.33 bits per heavy atom. The van der Waals surface area contributed by atoms with Crippen molar-refractivity contribution in [2.45, 2.75) is 6.42 Å². The van der Waals surface area contributed by atoms with Gasteiger partial charge in [-0.05, 0) is 6.42 Å². The minimum Gasteiger partial charge on any atom is -0.340 e. The van der Waals surface area contributed by atoms with E-state index in [9.17, 15) is 4.79 Å². The Bertz CT molecular complexity index is 184. The van der Waals surface area contributed by atoms with E-state index < -0.39 is 0 Å². The predicted molar refractivity (Wildman–Crippen MR) is 51.5 cm³/mol. The highest BCUT2D eigenvalue weighted by Crippen LogP contribution is 2.01. The van der Waals surface area contributed by atoms with E-state index in [0.717, 1.165) is 26.1 Å². The summed E-state index contributed by atoms with van der Waals surface area (Å²) in [6, 6.07) is 0. The molecule has 0 spiro atoms. The summed E-state index contributed by atoms with van der Waals surface area (Å²) in [5, 5.41) is 0. The smallest absolute Gasteiger partial charge is 0.235 e. The van der Waals surface area contributed by atoms with Crippen LogP contribution in [0.3, 0.4) is 0 Å². The van der Waals surface area contributed by atoms with E-state index >= 15 is 0 Å².